The van der Waals surface area contributed by atoms with Gasteiger partial charge in [-0.2, -0.15) is 0 Å². The van der Waals surface area contributed by atoms with Crippen LogP contribution >= 0.6 is 27.5 Å². The zero-order valence-electron chi connectivity index (χ0n) is 10.1. The smallest absolute Gasteiger partial charge is 0.138 e. The van der Waals surface area contributed by atoms with Crippen molar-refractivity contribution in [2.75, 3.05) is 7.11 Å². The van der Waals surface area contributed by atoms with Gasteiger partial charge in [0, 0.05) is 10.0 Å². The summed E-state index contributed by atoms with van der Waals surface area (Å²) < 4.78 is 6.16. The number of ether oxygens (including phenoxy) is 1. The van der Waals surface area contributed by atoms with Crippen LogP contribution in [0.1, 0.15) is 0 Å². The highest BCUT2D eigenvalue weighted by Gasteiger charge is 2.08. The first-order valence-corrected chi connectivity index (χ1v) is 6.83. The highest BCUT2D eigenvalue weighted by Crippen LogP contribution is 2.30. The largest absolute Gasteiger partial charge is 0.495 e. The molecule has 0 bridgehead atoms. The third kappa shape index (κ3) is 2.33. The molecule has 0 radical (unpaired) electrons. The second kappa shape index (κ2) is 4.87. The summed E-state index contributed by atoms with van der Waals surface area (Å²) in [6, 6.07) is 11.5. The Morgan fingerprint density at radius 2 is 2.05 bits per heavy atom. The van der Waals surface area contributed by atoms with Crippen LogP contribution in [0.2, 0.25) is 5.02 Å². The van der Waals surface area contributed by atoms with Crippen molar-refractivity contribution in [3.8, 4) is 17.1 Å². The fourth-order valence-corrected chi connectivity index (χ4v) is 2.55. The van der Waals surface area contributed by atoms with Crippen molar-refractivity contribution < 1.29 is 4.74 Å². The van der Waals surface area contributed by atoms with Gasteiger partial charge in [0.25, 0.3) is 0 Å². The molecule has 0 unspecified atom stereocenters. The van der Waals surface area contributed by atoms with E-state index in [0.29, 0.717) is 10.8 Å². The molecule has 1 aromatic heterocycles. The summed E-state index contributed by atoms with van der Waals surface area (Å²) in [6.07, 6.45) is 0. The maximum Gasteiger partial charge on any atom is 0.138 e. The van der Waals surface area contributed by atoms with Crippen molar-refractivity contribution in [2.45, 2.75) is 0 Å². The molecule has 3 aromatic rings. The van der Waals surface area contributed by atoms with Gasteiger partial charge in [-0.05, 0) is 36.4 Å². The van der Waals surface area contributed by atoms with Gasteiger partial charge in [-0.3, -0.25) is 0 Å². The molecule has 1 heterocycles. The second-order valence-corrected chi connectivity index (χ2v) is 5.42. The standard InChI is InChI=1S/C14H10BrClN2O/c1-19-13-5-2-8(6-10(13)16)14-17-11-4-3-9(15)7-12(11)18-14/h2-7H,1H3,(H,17,18). The molecule has 0 saturated heterocycles. The van der Waals surface area contributed by atoms with Gasteiger partial charge in [-0.15, -0.1) is 0 Å². The summed E-state index contributed by atoms with van der Waals surface area (Å²) in [5.74, 6) is 1.45. The Bertz CT molecular complexity index is 754. The summed E-state index contributed by atoms with van der Waals surface area (Å²) in [6.45, 7) is 0. The van der Waals surface area contributed by atoms with Crippen molar-refractivity contribution in [3.63, 3.8) is 0 Å². The Morgan fingerprint density at radius 1 is 1.21 bits per heavy atom. The van der Waals surface area contributed by atoms with Gasteiger partial charge in [0.15, 0.2) is 0 Å². The van der Waals surface area contributed by atoms with Crippen LogP contribution in [0.15, 0.2) is 40.9 Å². The van der Waals surface area contributed by atoms with Crippen molar-refractivity contribution >= 4 is 38.6 Å². The van der Waals surface area contributed by atoms with Crippen molar-refractivity contribution in [1.82, 2.24) is 9.97 Å². The molecular weight excluding hydrogens is 328 g/mol. The minimum atomic E-state index is 0.571. The molecule has 0 aliphatic heterocycles. The molecule has 19 heavy (non-hydrogen) atoms. The first-order chi connectivity index (χ1) is 9.17. The highest BCUT2D eigenvalue weighted by molar-refractivity contribution is 9.10. The number of methoxy groups -OCH3 is 1. The Labute approximate surface area is 123 Å². The number of H-pyrrole nitrogens is 1. The molecule has 0 aliphatic carbocycles. The number of rotatable bonds is 2. The number of benzene rings is 2. The SMILES string of the molecule is COc1ccc(-c2nc3ccc(Br)cc3[nH]2)cc1Cl. The topological polar surface area (TPSA) is 37.9 Å². The number of imidazole rings is 1. The van der Waals surface area contributed by atoms with Gasteiger partial charge in [0.1, 0.15) is 11.6 Å². The minimum absolute atomic E-state index is 0.571. The number of nitrogens with one attached hydrogen (secondary N) is 1. The molecule has 3 rings (SSSR count). The predicted molar refractivity (Wildman–Crippen MR) is 80.8 cm³/mol. The summed E-state index contributed by atoms with van der Waals surface area (Å²) in [5, 5.41) is 0.571. The lowest BCUT2D eigenvalue weighted by Gasteiger charge is -2.03. The third-order valence-corrected chi connectivity index (χ3v) is 3.66. The molecule has 0 saturated carbocycles. The van der Waals surface area contributed by atoms with Crippen LogP contribution in [0, 0.1) is 0 Å². The molecule has 0 amide bonds. The van der Waals surface area contributed by atoms with Crippen LogP contribution in [0.5, 0.6) is 5.75 Å². The molecule has 96 valence electrons. The molecule has 0 atom stereocenters. The second-order valence-electron chi connectivity index (χ2n) is 4.10. The number of fused-ring (bicyclic) bond motifs is 1. The van der Waals surface area contributed by atoms with Gasteiger partial charge in [0.05, 0.1) is 23.2 Å². The van der Waals surface area contributed by atoms with E-state index >= 15 is 0 Å². The Hall–Kier alpha value is -1.52. The van der Waals surface area contributed by atoms with Crippen molar-refractivity contribution in [2.24, 2.45) is 0 Å². The van der Waals surface area contributed by atoms with Crippen molar-refractivity contribution in [1.29, 1.82) is 0 Å². The summed E-state index contributed by atoms with van der Waals surface area (Å²) in [7, 11) is 1.60. The number of hydrogen-bond donors (Lipinski definition) is 1. The van der Waals surface area contributed by atoms with Crippen molar-refractivity contribution in [3.05, 3.63) is 45.9 Å². The van der Waals surface area contributed by atoms with Gasteiger partial charge < -0.3 is 9.72 Å². The lowest BCUT2D eigenvalue weighted by molar-refractivity contribution is 0.415. The third-order valence-electron chi connectivity index (χ3n) is 2.87. The van der Waals surface area contributed by atoms with Gasteiger partial charge in [-0.1, -0.05) is 27.5 Å². The van der Waals surface area contributed by atoms with Crippen LogP contribution < -0.4 is 4.74 Å². The molecule has 0 fully saturated rings. The van der Waals surface area contributed by atoms with Crippen LogP contribution in [0.3, 0.4) is 0 Å². The average Bonchev–Trinajstić information content (AvgIpc) is 2.81. The van der Waals surface area contributed by atoms with Crippen LogP contribution in [0.25, 0.3) is 22.4 Å². The maximum absolute atomic E-state index is 6.13. The van der Waals surface area contributed by atoms with E-state index in [1.165, 1.54) is 0 Å². The van der Waals surface area contributed by atoms with Crippen LogP contribution in [-0.4, -0.2) is 17.1 Å². The highest BCUT2D eigenvalue weighted by atomic mass is 79.9. The number of halogens is 2. The number of nitrogens with zero attached hydrogens (tertiary/aromatic N) is 1. The van der Waals surface area contributed by atoms with Crippen LogP contribution in [-0.2, 0) is 0 Å². The summed E-state index contributed by atoms with van der Waals surface area (Å²) in [4.78, 5) is 7.82. The van der Waals surface area contributed by atoms with E-state index in [1.807, 2.05) is 36.4 Å². The lowest BCUT2D eigenvalue weighted by atomic mass is 10.2. The molecule has 3 nitrogen and oxygen atoms in total. The molecular formula is C14H10BrClN2O. The monoisotopic (exact) mass is 336 g/mol. The van der Waals surface area contributed by atoms with E-state index in [1.54, 1.807) is 7.11 Å². The number of aromatic amines is 1. The van der Waals surface area contributed by atoms with Gasteiger partial charge in [0.2, 0.25) is 0 Å². The van der Waals surface area contributed by atoms with E-state index in [9.17, 15) is 0 Å². The van der Waals surface area contributed by atoms with Crippen LogP contribution in [0.4, 0.5) is 0 Å². The zero-order chi connectivity index (χ0) is 13.4. The number of hydrogen-bond acceptors (Lipinski definition) is 2. The van der Waals surface area contributed by atoms with E-state index in [4.69, 9.17) is 16.3 Å². The zero-order valence-corrected chi connectivity index (χ0v) is 12.4. The van der Waals surface area contributed by atoms with E-state index < -0.39 is 0 Å². The summed E-state index contributed by atoms with van der Waals surface area (Å²) >= 11 is 9.57. The molecule has 0 aliphatic rings. The lowest BCUT2D eigenvalue weighted by Crippen LogP contribution is -1.86. The minimum Gasteiger partial charge on any atom is -0.495 e. The molecule has 0 spiro atoms. The van der Waals surface area contributed by atoms with E-state index in [-0.39, 0.29) is 0 Å². The fourth-order valence-electron chi connectivity index (χ4n) is 1.93. The predicted octanol–water partition coefficient (Wildman–Crippen LogP) is 4.65. The van der Waals surface area contributed by atoms with Gasteiger partial charge >= 0.3 is 0 Å². The summed E-state index contributed by atoms with van der Waals surface area (Å²) in [5.41, 5.74) is 2.83. The van der Waals surface area contributed by atoms with E-state index in [2.05, 4.69) is 25.9 Å². The first-order valence-electron chi connectivity index (χ1n) is 5.66. The average molecular weight is 338 g/mol. The fraction of sp³-hybridized carbons (Fsp3) is 0.0714. The van der Waals surface area contributed by atoms with E-state index in [0.717, 1.165) is 26.9 Å². The Morgan fingerprint density at radius 3 is 2.79 bits per heavy atom. The van der Waals surface area contributed by atoms with Gasteiger partial charge in [-0.25, -0.2) is 4.98 Å². The first kappa shape index (κ1) is 12.5. The normalized spacial score (nSPS) is 10.9. The molecule has 2 aromatic carbocycles. The molecule has 1 N–H and O–H groups in total. The Kier molecular flexibility index (Phi) is 3.21. The molecule has 5 heteroatoms. The Balaban J connectivity index is 2.11. The maximum atomic E-state index is 6.13. The quantitative estimate of drug-likeness (QED) is 0.739. The number of aromatic nitrogens is 2.